The molecule has 0 unspecified atom stereocenters. The van der Waals surface area contributed by atoms with Gasteiger partial charge in [0.15, 0.2) is 5.82 Å². The molecular weight excluding hydrogens is 290 g/mol. The summed E-state index contributed by atoms with van der Waals surface area (Å²) in [6.45, 7) is 10.2. The molecule has 0 bridgehead atoms. The summed E-state index contributed by atoms with van der Waals surface area (Å²) in [5, 5.41) is 6.93. The molecule has 5 heteroatoms. The summed E-state index contributed by atoms with van der Waals surface area (Å²) in [5.74, 6) is 1.30. The van der Waals surface area contributed by atoms with Gasteiger partial charge < -0.3 is 9.84 Å². The Hall–Kier alpha value is -2.17. The molecule has 1 N–H and O–H groups in total. The van der Waals surface area contributed by atoms with Gasteiger partial charge in [0.2, 0.25) is 11.8 Å². The quantitative estimate of drug-likeness (QED) is 0.907. The molecule has 1 aromatic carbocycles. The van der Waals surface area contributed by atoms with Crippen molar-refractivity contribution >= 4 is 11.6 Å². The van der Waals surface area contributed by atoms with Crippen molar-refractivity contribution in [2.45, 2.75) is 59.3 Å². The Labute approximate surface area is 137 Å². The average molecular weight is 315 g/mol. The van der Waals surface area contributed by atoms with Gasteiger partial charge in [-0.15, -0.1) is 0 Å². The number of nitrogens with one attached hydrogen (secondary N) is 1. The maximum Gasteiger partial charge on any atom is 0.226 e. The Balaban J connectivity index is 1.82. The molecule has 0 spiro atoms. The highest BCUT2D eigenvalue weighted by Crippen LogP contribution is 2.19. The number of anilines is 1. The maximum absolute atomic E-state index is 12.0. The number of rotatable bonds is 5. The molecule has 0 aliphatic heterocycles. The van der Waals surface area contributed by atoms with Gasteiger partial charge >= 0.3 is 0 Å². The second kappa shape index (κ2) is 6.94. The summed E-state index contributed by atoms with van der Waals surface area (Å²) in [5.41, 5.74) is 3.01. The minimum atomic E-state index is -0.123. The van der Waals surface area contributed by atoms with Gasteiger partial charge in [-0.2, -0.15) is 4.98 Å². The lowest BCUT2D eigenvalue weighted by molar-refractivity contribution is -0.116. The number of aryl methyl sites for hydroxylation is 3. The fraction of sp³-hybridized carbons (Fsp3) is 0.500. The number of aromatic nitrogens is 2. The van der Waals surface area contributed by atoms with Crippen LogP contribution in [0.5, 0.6) is 0 Å². The number of benzene rings is 1. The highest BCUT2D eigenvalue weighted by molar-refractivity contribution is 5.91. The summed E-state index contributed by atoms with van der Waals surface area (Å²) < 4.78 is 5.23. The number of carbonyl (C=O) groups is 1. The van der Waals surface area contributed by atoms with E-state index in [4.69, 9.17) is 4.52 Å². The van der Waals surface area contributed by atoms with Crippen molar-refractivity contribution in [1.82, 2.24) is 10.1 Å². The van der Waals surface area contributed by atoms with Gasteiger partial charge in [0.25, 0.3) is 0 Å². The minimum absolute atomic E-state index is 0.00696. The molecule has 0 radical (unpaired) electrons. The lowest BCUT2D eigenvalue weighted by Gasteiger charge is -2.10. The third-order valence-electron chi connectivity index (χ3n) is 3.59. The second-order valence-corrected chi connectivity index (χ2v) is 6.98. The summed E-state index contributed by atoms with van der Waals surface area (Å²) in [6, 6.07) is 5.99. The summed E-state index contributed by atoms with van der Waals surface area (Å²) in [6.07, 6.45) is 1.73. The Morgan fingerprint density at radius 1 is 1.26 bits per heavy atom. The van der Waals surface area contributed by atoms with E-state index < -0.39 is 0 Å². The lowest BCUT2D eigenvalue weighted by Crippen LogP contribution is -2.13. The van der Waals surface area contributed by atoms with E-state index in [1.54, 1.807) is 0 Å². The van der Waals surface area contributed by atoms with Crippen molar-refractivity contribution in [3.8, 4) is 0 Å². The summed E-state index contributed by atoms with van der Waals surface area (Å²) in [4.78, 5) is 16.4. The van der Waals surface area contributed by atoms with Crippen molar-refractivity contribution in [1.29, 1.82) is 0 Å². The smallest absolute Gasteiger partial charge is 0.226 e. The first-order chi connectivity index (χ1) is 10.8. The molecule has 23 heavy (non-hydrogen) atoms. The zero-order valence-corrected chi connectivity index (χ0v) is 14.6. The molecule has 0 atom stereocenters. The van der Waals surface area contributed by atoms with Crippen LogP contribution in [0, 0.1) is 13.8 Å². The van der Waals surface area contributed by atoms with Crippen molar-refractivity contribution in [3.05, 3.63) is 41.0 Å². The Morgan fingerprint density at radius 2 is 2.00 bits per heavy atom. The van der Waals surface area contributed by atoms with Crippen LogP contribution >= 0.6 is 0 Å². The van der Waals surface area contributed by atoms with Crippen molar-refractivity contribution in [2.24, 2.45) is 0 Å². The van der Waals surface area contributed by atoms with E-state index in [2.05, 4.69) is 21.5 Å². The predicted molar refractivity (Wildman–Crippen MR) is 90.5 cm³/mol. The lowest BCUT2D eigenvalue weighted by atomic mass is 9.96. The molecule has 124 valence electrons. The van der Waals surface area contributed by atoms with Crippen LogP contribution in [0.15, 0.2) is 22.7 Å². The summed E-state index contributed by atoms with van der Waals surface area (Å²) >= 11 is 0. The Kier molecular flexibility index (Phi) is 5.19. The molecule has 0 saturated carbocycles. The topological polar surface area (TPSA) is 68.0 Å². The number of hydrogen-bond acceptors (Lipinski definition) is 4. The number of carbonyl (C=O) groups excluding carboxylic acids is 1. The largest absolute Gasteiger partial charge is 0.339 e. The first kappa shape index (κ1) is 17.2. The highest BCUT2D eigenvalue weighted by Gasteiger charge is 2.20. The van der Waals surface area contributed by atoms with Gasteiger partial charge in [-0.05, 0) is 31.9 Å². The van der Waals surface area contributed by atoms with Crippen molar-refractivity contribution < 1.29 is 9.32 Å². The van der Waals surface area contributed by atoms with E-state index in [1.807, 2.05) is 46.8 Å². The van der Waals surface area contributed by atoms with Crippen molar-refractivity contribution in [2.75, 3.05) is 5.32 Å². The zero-order chi connectivity index (χ0) is 17.0. The highest BCUT2D eigenvalue weighted by atomic mass is 16.5. The zero-order valence-electron chi connectivity index (χ0n) is 14.6. The molecule has 0 saturated heterocycles. The van der Waals surface area contributed by atoms with Gasteiger partial charge in [0.05, 0.1) is 0 Å². The van der Waals surface area contributed by atoms with Crippen LogP contribution in [0.4, 0.5) is 5.69 Å². The van der Waals surface area contributed by atoms with E-state index in [0.717, 1.165) is 11.3 Å². The molecule has 0 aliphatic rings. The molecule has 2 rings (SSSR count). The Bertz CT molecular complexity index is 684. The van der Waals surface area contributed by atoms with Crippen LogP contribution in [0.3, 0.4) is 0 Å². The van der Waals surface area contributed by atoms with E-state index in [-0.39, 0.29) is 11.3 Å². The molecule has 0 fully saturated rings. The van der Waals surface area contributed by atoms with Crippen molar-refractivity contribution in [3.63, 3.8) is 0 Å². The average Bonchev–Trinajstić information content (AvgIpc) is 2.91. The number of nitrogens with zero attached hydrogens (tertiary/aromatic N) is 2. The van der Waals surface area contributed by atoms with Gasteiger partial charge in [0, 0.05) is 23.9 Å². The van der Waals surface area contributed by atoms with Crippen LogP contribution in [0.25, 0.3) is 0 Å². The second-order valence-electron chi connectivity index (χ2n) is 6.98. The standard InChI is InChI=1S/C18H25N3O2/c1-12-9-10-14(13(2)11-12)19-15(22)7-6-8-16-20-17(21-23-16)18(3,4)5/h9-11H,6-8H2,1-5H3,(H,19,22). The van der Waals surface area contributed by atoms with Crippen LogP contribution < -0.4 is 5.32 Å². The third kappa shape index (κ3) is 4.91. The van der Waals surface area contributed by atoms with Gasteiger partial charge in [0.1, 0.15) is 0 Å². The van der Waals surface area contributed by atoms with Crippen LogP contribution in [0.1, 0.15) is 56.5 Å². The van der Waals surface area contributed by atoms with E-state index in [0.29, 0.717) is 31.0 Å². The normalized spacial score (nSPS) is 11.5. The molecular formula is C18H25N3O2. The van der Waals surface area contributed by atoms with Gasteiger partial charge in [-0.25, -0.2) is 0 Å². The minimum Gasteiger partial charge on any atom is -0.339 e. The molecule has 0 aliphatic carbocycles. The predicted octanol–water partition coefficient (Wildman–Crippen LogP) is 3.95. The van der Waals surface area contributed by atoms with Crippen LogP contribution in [-0.4, -0.2) is 16.0 Å². The molecule has 5 nitrogen and oxygen atoms in total. The molecule has 2 aromatic rings. The first-order valence-electron chi connectivity index (χ1n) is 7.96. The Morgan fingerprint density at radius 3 is 2.61 bits per heavy atom. The fourth-order valence-electron chi connectivity index (χ4n) is 2.23. The van der Waals surface area contributed by atoms with E-state index in [9.17, 15) is 4.79 Å². The van der Waals surface area contributed by atoms with Gasteiger partial charge in [-0.3, -0.25) is 4.79 Å². The van der Waals surface area contributed by atoms with E-state index >= 15 is 0 Å². The number of amides is 1. The maximum atomic E-state index is 12.0. The van der Waals surface area contributed by atoms with Gasteiger partial charge in [-0.1, -0.05) is 43.6 Å². The van der Waals surface area contributed by atoms with E-state index in [1.165, 1.54) is 5.56 Å². The molecule has 1 aromatic heterocycles. The van der Waals surface area contributed by atoms with Crippen LogP contribution in [-0.2, 0) is 16.6 Å². The number of hydrogen-bond donors (Lipinski definition) is 1. The molecule has 1 amide bonds. The summed E-state index contributed by atoms with van der Waals surface area (Å²) in [7, 11) is 0. The molecule has 1 heterocycles. The fourth-order valence-corrected chi connectivity index (χ4v) is 2.23. The SMILES string of the molecule is Cc1ccc(NC(=O)CCCc2nc(C(C)(C)C)no2)c(C)c1. The third-order valence-corrected chi connectivity index (χ3v) is 3.59. The van der Waals surface area contributed by atoms with Crippen LogP contribution in [0.2, 0.25) is 0 Å². The monoisotopic (exact) mass is 315 g/mol. The first-order valence-corrected chi connectivity index (χ1v) is 7.96.